The SMILES string of the molecule is Cc1cc2ncn([C@H]3C[C@H](O)[C@H](CO)O3)c2cc1C. The first-order valence-electron chi connectivity index (χ1n) is 6.48. The Hall–Kier alpha value is -1.43. The van der Waals surface area contributed by atoms with Crippen molar-refractivity contribution in [1.29, 1.82) is 0 Å². The van der Waals surface area contributed by atoms with Crippen LogP contribution in [0, 0.1) is 13.8 Å². The Kier molecular flexibility index (Phi) is 3.05. The molecule has 102 valence electrons. The van der Waals surface area contributed by atoms with Gasteiger partial charge in [-0.05, 0) is 37.1 Å². The van der Waals surface area contributed by atoms with Gasteiger partial charge in [0.05, 0.1) is 30.1 Å². The van der Waals surface area contributed by atoms with Gasteiger partial charge in [0.1, 0.15) is 12.3 Å². The first-order chi connectivity index (χ1) is 9.10. The predicted octanol–water partition coefficient (Wildman–Crippen LogP) is 1.29. The van der Waals surface area contributed by atoms with Crippen LogP contribution in [0.15, 0.2) is 18.5 Å². The van der Waals surface area contributed by atoms with Crippen molar-refractivity contribution in [3.63, 3.8) is 0 Å². The smallest absolute Gasteiger partial charge is 0.138 e. The molecule has 0 radical (unpaired) electrons. The molecule has 3 atom stereocenters. The van der Waals surface area contributed by atoms with Crippen molar-refractivity contribution in [3.05, 3.63) is 29.6 Å². The second kappa shape index (κ2) is 4.59. The van der Waals surface area contributed by atoms with E-state index in [0.717, 1.165) is 11.0 Å². The highest BCUT2D eigenvalue weighted by molar-refractivity contribution is 5.77. The van der Waals surface area contributed by atoms with E-state index in [1.54, 1.807) is 6.33 Å². The molecule has 0 aliphatic carbocycles. The second-order valence-electron chi connectivity index (χ2n) is 5.19. The maximum absolute atomic E-state index is 9.81. The van der Waals surface area contributed by atoms with Gasteiger partial charge in [0.25, 0.3) is 0 Å². The molecule has 1 aliphatic heterocycles. The van der Waals surface area contributed by atoms with Gasteiger partial charge in [-0.3, -0.25) is 0 Å². The number of aromatic nitrogens is 2. The van der Waals surface area contributed by atoms with E-state index >= 15 is 0 Å². The van der Waals surface area contributed by atoms with E-state index in [0.29, 0.717) is 6.42 Å². The van der Waals surface area contributed by atoms with Gasteiger partial charge in [0.2, 0.25) is 0 Å². The summed E-state index contributed by atoms with van der Waals surface area (Å²) in [6.45, 7) is 3.96. The van der Waals surface area contributed by atoms with Crippen LogP contribution < -0.4 is 0 Å². The van der Waals surface area contributed by atoms with Gasteiger partial charge in [-0.1, -0.05) is 0 Å². The van der Waals surface area contributed by atoms with Crippen LogP contribution in [-0.4, -0.2) is 38.6 Å². The van der Waals surface area contributed by atoms with Crippen molar-refractivity contribution in [2.45, 2.75) is 38.7 Å². The Labute approximate surface area is 111 Å². The van der Waals surface area contributed by atoms with Crippen LogP contribution in [0.4, 0.5) is 0 Å². The van der Waals surface area contributed by atoms with Crippen LogP contribution in [0.25, 0.3) is 11.0 Å². The van der Waals surface area contributed by atoms with Gasteiger partial charge in [-0.2, -0.15) is 0 Å². The summed E-state index contributed by atoms with van der Waals surface area (Å²) in [5, 5.41) is 18.9. The standard InChI is InChI=1S/C14H18N2O3/c1-8-3-10-11(4-9(8)2)16(7-15-10)14-5-12(18)13(6-17)19-14/h3-4,7,12-14,17-18H,5-6H2,1-2H3/t12-,13-,14+/m0/s1. The molecule has 2 heterocycles. The van der Waals surface area contributed by atoms with Crippen LogP contribution in [0.2, 0.25) is 0 Å². The van der Waals surface area contributed by atoms with Gasteiger partial charge in [0, 0.05) is 6.42 Å². The van der Waals surface area contributed by atoms with E-state index in [1.165, 1.54) is 11.1 Å². The average Bonchev–Trinajstić information content (AvgIpc) is 2.93. The lowest BCUT2D eigenvalue weighted by Crippen LogP contribution is -2.24. The summed E-state index contributed by atoms with van der Waals surface area (Å²) in [5.41, 5.74) is 4.33. The molecule has 0 unspecified atom stereocenters. The molecular formula is C14H18N2O3. The fourth-order valence-electron chi connectivity index (χ4n) is 2.56. The molecule has 1 aliphatic rings. The summed E-state index contributed by atoms with van der Waals surface area (Å²) in [6, 6.07) is 4.13. The molecule has 0 saturated carbocycles. The Balaban J connectivity index is 2.00. The summed E-state index contributed by atoms with van der Waals surface area (Å²) >= 11 is 0. The second-order valence-corrected chi connectivity index (χ2v) is 5.19. The predicted molar refractivity (Wildman–Crippen MR) is 70.8 cm³/mol. The van der Waals surface area contributed by atoms with Crippen molar-refractivity contribution in [2.75, 3.05) is 6.61 Å². The number of fused-ring (bicyclic) bond motifs is 1. The van der Waals surface area contributed by atoms with Crippen LogP contribution >= 0.6 is 0 Å². The highest BCUT2D eigenvalue weighted by Crippen LogP contribution is 2.31. The summed E-state index contributed by atoms with van der Waals surface area (Å²) < 4.78 is 7.60. The van der Waals surface area contributed by atoms with Gasteiger partial charge in [-0.15, -0.1) is 0 Å². The van der Waals surface area contributed by atoms with E-state index in [9.17, 15) is 5.11 Å². The molecule has 0 spiro atoms. The number of aryl methyl sites for hydroxylation is 2. The highest BCUT2D eigenvalue weighted by atomic mass is 16.5. The molecule has 1 aromatic carbocycles. The molecular weight excluding hydrogens is 244 g/mol. The number of hydrogen-bond donors (Lipinski definition) is 2. The molecule has 1 aromatic heterocycles. The first-order valence-corrected chi connectivity index (χ1v) is 6.48. The third-order valence-corrected chi connectivity index (χ3v) is 3.88. The summed E-state index contributed by atoms with van der Waals surface area (Å²) in [5.74, 6) is 0. The van der Waals surface area contributed by atoms with E-state index in [1.807, 2.05) is 4.57 Å². The van der Waals surface area contributed by atoms with Gasteiger partial charge in [0.15, 0.2) is 0 Å². The van der Waals surface area contributed by atoms with Crippen LogP contribution in [-0.2, 0) is 4.74 Å². The zero-order valence-electron chi connectivity index (χ0n) is 11.1. The molecule has 19 heavy (non-hydrogen) atoms. The monoisotopic (exact) mass is 262 g/mol. The number of imidazole rings is 1. The number of aliphatic hydroxyl groups is 2. The van der Waals surface area contributed by atoms with Crippen molar-refractivity contribution < 1.29 is 14.9 Å². The largest absolute Gasteiger partial charge is 0.394 e. The van der Waals surface area contributed by atoms with E-state index in [-0.39, 0.29) is 12.8 Å². The van der Waals surface area contributed by atoms with Gasteiger partial charge in [-0.25, -0.2) is 4.98 Å². The number of benzene rings is 1. The van der Waals surface area contributed by atoms with Gasteiger partial charge < -0.3 is 19.5 Å². The Bertz CT molecular complexity index is 608. The minimum Gasteiger partial charge on any atom is -0.394 e. The fourth-order valence-corrected chi connectivity index (χ4v) is 2.56. The maximum Gasteiger partial charge on any atom is 0.138 e. The van der Waals surface area contributed by atoms with Crippen molar-refractivity contribution in [2.24, 2.45) is 0 Å². The topological polar surface area (TPSA) is 67.5 Å². The lowest BCUT2D eigenvalue weighted by Gasteiger charge is -2.14. The Morgan fingerprint density at radius 1 is 1.37 bits per heavy atom. The molecule has 2 N–H and O–H groups in total. The Morgan fingerprint density at radius 2 is 2.11 bits per heavy atom. The van der Waals surface area contributed by atoms with Crippen molar-refractivity contribution in [1.82, 2.24) is 9.55 Å². The molecule has 3 rings (SSSR count). The number of ether oxygens (including phenoxy) is 1. The third kappa shape index (κ3) is 2.04. The quantitative estimate of drug-likeness (QED) is 0.856. The molecule has 1 saturated heterocycles. The minimum absolute atomic E-state index is 0.164. The lowest BCUT2D eigenvalue weighted by atomic mass is 10.1. The maximum atomic E-state index is 9.81. The summed E-state index contributed by atoms with van der Waals surface area (Å²) in [4.78, 5) is 4.38. The summed E-state index contributed by atoms with van der Waals surface area (Å²) in [6.07, 6.45) is 0.817. The van der Waals surface area contributed by atoms with Crippen LogP contribution in [0.3, 0.4) is 0 Å². The normalized spacial score (nSPS) is 27.3. The molecule has 0 amide bonds. The zero-order chi connectivity index (χ0) is 13.6. The summed E-state index contributed by atoms with van der Waals surface area (Å²) in [7, 11) is 0. The van der Waals surface area contributed by atoms with Crippen molar-refractivity contribution in [3.8, 4) is 0 Å². The minimum atomic E-state index is -0.626. The van der Waals surface area contributed by atoms with Gasteiger partial charge >= 0.3 is 0 Å². The number of hydrogen-bond acceptors (Lipinski definition) is 4. The Morgan fingerprint density at radius 3 is 2.79 bits per heavy atom. The van der Waals surface area contributed by atoms with E-state index in [4.69, 9.17) is 9.84 Å². The molecule has 0 bridgehead atoms. The molecule has 5 nitrogen and oxygen atoms in total. The fraction of sp³-hybridized carbons (Fsp3) is 0.500. The third-order valence-electron chi connectivity index (χ3n) is 3.88. The number of aliphatic hydroxyl groups excluding tert-OH is 2. The number of rotatable bonds is 2. The molecule has 5 heteroatoms. The first kappa shape index (κ1) is 12.6. The van der Waals surface area contributed by atoms with Crippen LogP contribution in [0.5, 0.6) is 0 Å². The van der Waals surface area contributed by atoms with Crippen molar-refractivity contribution >= 4 is 11.0 Å². The number of nitrogens with zero attached hydrogens (tertiary/aromatic N) is 2. The van der Waals surface area contributed by atoms with Crippen LogP contribution in [0.1, 0.15) is 23.8 Å². The van der Waals surface area contributed by atoms with E-state index in [2.05, 4.69) is 31.0 Å². The lowest BCUT2D eigenvalue weighted by molar-refractivity contribution is -0.0430. The molecule has 2 aromatic rings. The zero-order valence-corrected chi connectivity index (χ0v) is 11.1. The highest BCUT2D eigenvalue weighted by Gasteiger charge is 2.34. The van der Waals surface area contributed by atoms with E-state index < -0.39 is 12.2 Å². The average molecular weight is 262 g/mol. The molecule has 1 fully saturated rings.